The van der Waals surface area contributed by atoms with Crippen LogP contribution in [0.15, 0.2) is 82.6 Å². The molecule has 0 aliphatic heterocycles. The van der Waals surface area contributed by atoms with Gasteiger partial charge < -0.3 is 0 Å². The van der Waals surface area contributed by atoms with E-state index in [-0.39, 0.29) is 9.79 Å². The van der Waals surface area contributed by atoms with E-state index in [1.807, 2.05) is 38.1 Å². The summed E-state index contributed by atoms with van der Waals surface area (Å²) in [5, 5.41) is 0. The predicted octanol–water partition coefficient (Wildman–Crippen LogP) is 4.41. The molecule has 2 N–H and O–H groups in total. The molecule has 0 atom stereocenters. The number of sulfonamides is 2. The lowest BCUT2D eigenvalue weighted by atomic mass is 10.1. The minimum atomic E-state index is -4.14. The third-order valence-corrected chi connectivity index (χ3v) is 7.69. The summed E-state index contributed by atoms with van der Waals surface area (Å²) in [5.41, 5.74) is 2.49. The number of hydrogen-bond donors (Lipinski definition) is 2. The lowest BCUT2D eigenvalue weighted by Gasteiger charge is -2.16. The number of rotatable bonds is 8. The largest absolute Gasteiger partial charge is 0.279 e. The smallest absolute Gasteiger partial charge is 0.263 e. The fourth-order valence-corrected chi connectivity index (χ4v) is 6.19. The van der Waals surface area contributed by atoms with E-state index in [0.717, 1.165) is 11.1 Å². The molecule has 30 heavy (non-hydrogen) atoms. The highest BCUT2D eigenvalue weighted by atomic mass is 32.2. The second-order valence-corrected chi connectivity index (χ2v) is 9.98. The van der Waals surface area contributed by atoms with Crippen molar-refractivity contribution in [3.63, 3.8) is 0 Å². The highest BCUT2D eigenvalue weighted by Gasteiger charge is 2.27. The molecule has 0 saturated carbocycles. The summed E-state index contributed by atoms with van der Waals surface area (Å²) in [7, 11) is -8.27. The molecule has 0 unspecified atom stereocenters. The van der Waals surface area contributed by atoms with Gasteiger partial charge >= 0.3 is 0 Å². The average molecular weight is 445 g/mol. The molecule has 0 spiro atoms. The van der Waals surface area contributed by atoms with Gasteiger partial charge in [0.2, 0.25) is 0 Å². The molecule has 3 aromatic rings. The number of nitrogens with one attached hydrogen (secondary N) is 2. The molecule has 0 aliphatic carbocycles. The van der Waals surface area contributed by atoms with Gasteiger partial charge in [-0.2, -0.15) is 0 Å². The fraction of sp³-hybridized carbons (Fsp3) is 0.182. The maximum absolute atomic E-state index is 13.1. The zero-order valence-corrected chi connectivity index (χ0v) is 18.4. The van der Waals surface area contributed by atoms with Crippen LogP contribution in [0, 0.1) is 0 Å². The van der Waals surface area contributed by atoms with Crippen LogP contribution in [0.1, 0.15) is 25.0 Å². The summed E-state index contributed by atoms with van der Waals surface area (Å²) in [6.45, 7) is 3.83. The second kappa shape index (κ2) is 8.89. The quantitative estimate of drug-likeness (QED) is 0.538. The maximum atomic E-state index is 13.1. The molecule has 0 bridgehead atoms. The molecule has 3 aromatic carbocycles. The van der Waals surface area contributed by atoms with Crippen molar-refractivity contribution in [1.82, 2.24) is 0 Å². The van der Waals surface area contributed by atoms with Crippen molar-refractivity contribution in [2.75, 3.05) is 9.44 Å². The summed E-state index contributed by atoms with van der Waals surface area (Å²) >= 11 is 0. The van der Waals surface area contributed by atoms with Crippen molar-refractivity contribution in [2.24, 2.45) is 0 Å². The van der Waals surface area contributed by atoms with E-state index in [4.69, 9.17) is 0 Å². The normalized spacial score (nSPS) is 11.8. The Balaban J connectivity index is 2.03. The Hall–Kier alpha value is -2.84. The molecule has 0 fully saturated rings. The lowest BCUT2D eigenvalue weighted by Crippen LogP contribution is -2.21. The van der Waals surface area contributed by atoms with Crippen LogP contribution in [0.5, 0.6) is 0 Å². The highest BCUT2D eigenvalue weighted by molar-refractivity contribution is 7.95. The van der Waals surface area contributed by atoms with Crippen LogP contribution in [0.2, 0.25) is 0 Å². The molecule has 3 rings (SSSR count). The van der Waals surface area contributed by atoms with Gasteiger partial charge in [-0.05, 0) is 48.2 Å². The first kappa shape index (κ1) is 21.9. The van der Waals surface area contributed by atoms with E-state index in [0.29, 0.717) is 24.2 Å². The van der Waals surface area contributed by atoms with Crippen LogP contribution in [0.3, 0.4) is 0 Å². The van der Waals surface area contributed by atoms with E-state index in [1.54, 1.807) is 24.3 Å². The Labute approximate surface area is 178 Å². The van der Waals surface area contributed by atoms with E-state index >= 15 is 0 Å². The van der Waals surface area contributed by atoms with Gasteiger partial charge in [-0.3, -0.25) is 9.44 Å². The standard InChI is InChI=1S/C22H24N2O4S2/c1-3-17-11-5-7-13-19(17)23-29(25,26)21-15-9-10-16-22(21)30(27,28)24-20-14-8-6-12-18(20)4-2/h5-16,23-24H,3-4H2,1-2H3. The number of para-hydroxylation sites is 2. The summed E-state index contributed by atoms with van der Waals surface area (Å²) < 4.78 is 57.5. The van der Waals surface area contributed by atoms with Crippen LogP contribution < -0.4 is 9.44 Å². The fourth-order valence-electron chi connectivity index (χ4n) is 3.15. The van der Waals surface area contributed by atoms with E-state index < -0.39 is 20.0 Å². The lowest BCUT2D eigenvalue weighted by molar-refractivity contribution is 0.588. The Kier molecular flexibility index (Phi) is 6.48. The number of anilines is 2. The predicted molar refractivity (Wildman–Crippen MR) is 120 cm³/mol. The van der Waals surface area contributed by atoms with Gasteiger partial charge in [-0.25, -0.2) is 16.8 Å². The molecule has 0 aromatic heterocycles. The first-order valence-corrected chi connectivity index (χ1v) is 12.6. The van der Waals surface area contributed by atoms with Crippen molar-refractivity contribution in [1.29, 1.82) is 0 Å². The summed E-state index contributed by atoms with van der Waals surface area (Å²) in [5.74, 6) is 0. The van der Waals surface area contributed by atoms with Gasteiger partial charge in [0, 0.05) is 0 Å². The van der Waals surface area contributed by atoms with E-state index in [9.17, 15) is 16.8 Å². The van der Waals surface area contributed by atoms with Crippen LogP contribution in [-0.4, -0.2) is 16.8 Å². The SMILES string of the molecule is CCc1ccccc1NS(=O)(=O)c1ccccc1S(=O)(=O)Nc1ccccc1CC. The molecule has 6 nitrogen and oxygen atoms in total. The Bertz CT molecular complexity index is 1150. The third kappa shape index (κ3) is 4.66. The van der Waals surface area contributed by atoms with Gasteiger partial charge in [0.1, 0.15) is 9.79 Å². The maximum Gasteiger partial charge on any atom is 0.263 e. The topological polar surface area (TPSA) is 92.3 Å². The van der Waals surface area contributed by atoms with Crippen LogP contribution in [-0.2, 0) is 32.9 Å². The average Bonchev–Trinajstić information content (AvgIpc) is 2.74. The molecular formula is C22H24N2O4S2. The molecule has 0 radical (unpaired) electrons. The van der Waals surface area contributed by atoms with Crippen LogP contribution >= 0.6 is 0 Å². The summed E-state index contributed by atoms with van der Waals surface area (Å²) in [6.07, 6.45) is 1.27. The highest BCUT2D eigenvalue weighted by Crippen LogP contribution is 2.27. The minimum absolute atomic E-state index is 0.308. The van der Waals surface area contributed by atoms with Crippen molar-refractivity contribution in [3.8, 4) is 0 Å². The number of hydrogen-bond acceptors (Lipinski definition) is 4. The molecule has 8 heteroatoms. The van der Waals surface area contributed by atoms with Gasteiger partial charge in [0.15, 0.2) is 0 Å². The second-order valence-electron chi connectivity index (χ2n) is 6.68. The molecule has 158 valence electrons. The summed E-state index contributed by atoms with van der Waals surface area (Å²) in [6, 6.07) is 19.6. The first-order valence-electron chi connectivity index (χ1n) is 9.59. The Morgan fingerprint density at radius 2 is 0.900 bits per heavy atom. The van der Waals surface area contributed by atoms with E-state index in [1.165, 1.54) is 24.3 Å². The third-order valence-electron chi connectivity index (χ3n) is 4.71. The number of aryl methyl sites for hydroxylation is 2. The Morgan fingerprint density at radius 3 is 1.27 bits per heavy atom. The van der Waals surface area contributed by atoms with Gasteiger partial charge in [0.25, 0.3) is 20.0 Å². The van der Waals surface area contributed by atoms with Crippen molar-refractivity contribution in [2.45, 2.75) is 36.5 Å². The van der Waals surface area contributed by atoms with Crippen molar-refractivity contribution >= 4 is 31.4 Å². The monoisotopic (exact) mass is 444 g/mol. The Morgan fingerprint density at radius 1 is 0.567 bits per heavy atom. The molecule has 0 amide bonds. The first-order chi connectivity index (χ1) is 14.3. The van der Waals surface area contributed by atoms with Crippen LogP contribution in [0.4, 0.5) is 11.4 Å². The van der Waals surface area contributed by atoms with Gasteiger partial charge in [0.05, 0.1) is 11.4 Å². The molecule has 0 heterocycles. The molecule has 0 saturated heterocycles. The van der Waals surface area contributed by atoms with Gasteiger partial charge in [-0.15, -0.1) is 0 Å². The summed E-state index contributed by atoms with van der Waals surface area (Å²) in [4.78, 5) is -0.616. The minimum Gasteiger partial charge on any atom is -0.279 e. The molecular weight excluding hydrogens is 420 g/mol. The van der Waals surface area contributed by atoms with Crippen LogP contribution in [0.25, 0.3) is 0 Å². The van der Waals surface area contributed by atoms with E-state index in [2.05, 4.69) is 9.44 Å². The zero-order valence-electron chi connectivity index (χ0n) is 16.8. The van der Waals surface area contributed by atoms with Gasteiger partial charge in [-0.1, -0.05) is 62.4 Å². The number of benzene rings is 3. The molecule has 0 aliphatic rings. The zero-order chi connectivity index (χ0) is 21.8. The van der Waals surface area contributed by atoms with Crippen molar-refractivity contribution in [3.05, 3.63) is 83.9 Å². The van der Waals surface area contributed by atoms with Crippen molar-refractivity contribution < 1.29 is 16.8 Å².